The number of hydrogen-bond donors (Lipinski definition) is 0. The number of halogens is 2. The van der Waals surface area contributed by atoms with E-state index in [0.717, 1.165) is 19.3 Å². The van der Waals surface area contributed by atoms with Crippen LogP contribution in [0, 0.1) is 0 Å². The van der Waals surface area contributed by atoms with Gasteiger partial charge in [-0.3, -0.25) is 4.79 Å². The normalized spacial score (nSPS) is 10.6. The SMILES string of the molecule is CN(C)CCCOc1c(Br)cc(Cl)cc1C=O. The largest absolute Gasteiger partial charge is 0.492 e. The molecule has 0 N–H and O–H groups in total. The lowest BCUT2D eigenvalue weighted by Crippen LogP contribution is -2.15. The summed E-state index contributed by atoms with van der Waals surface area (Å²) >= 11 is 9.19. The molecule has 1 rings (SSSR count). The first-order valence-corrected chi connectivity index (χ1v) is 6.43. The van der Waals surface area contributed by atoms with Gasteiger partial charge in [0, 0.05) is 11.6 Å². The van der Waals surface area contributed by atoms with E-state index < -0.39 is 0 Å². The number of aldehydes is 1. The van der Waals surface area contributed by atoms with Gasteiger partial charge < -0.3 is 9.64 Å². The molecular weight excluding hydrogens is 305 g/mol. The van der Waals surface area contributed by atoms with E-state index in [4.69, 9.17) is 16.3 Å². The van der Waals surface area contributed by atoms with E-state index >= 15 is 0 Å². The number of hydrogen-bond acceptors (Lipinski definition) is 3. The molecule has 0 saturated carbocycles. The zero-order valence-electron chi connectivity index (χ0n) is 9.87. The molecule has 1 aromatic rings. The van der Waals surface area contributed by atoms with Crippen LogP contribution in [0.25, 0.3) is 0 Å². The third-order valence-corrected chi connectivity index (χ3v) is 2.97. The summed E-state index contributed by atoms with van der Waals surface area (Å²) < 4.78 is 6.31. The van der Waals surface area contributed by atoms with Crippen molar-refractivity contribution in [2.24, 2.45) is 0 Å². The summed E-state index contributed by atoms with van der Waals surface area (Å²) in [6.45, 7) is 1.51. The monoisotopic (exact) mass is 319 g/mol. The Labute approximate surface area is 115 Å². The van der Waals surface area contributed by atoms with Crippen LogP contribution in [-0.4, -0.2) is 38.4 Å². The van der Waals surface area contributed by atoms with Gasteiger partial charge in [-0.1, -0.05) is 11.6 Å². The molecule has 0 spiro atoms. The van der Waals surface area contributed by atoms with Crippen LogP contribution in [0.4, 0.5) is 0 Å². The fourth-order valence-corrected chi connectivity index (χ4v) is 2.32. The lowest BCUT2D eigenvalue weighted by atomic mass is 10.2. The van der Waals surface area contributed by atoms with Crippen LogP contribution in [0.1, 0.15) is 16.8 Å². The number of rotatable bonds is 6. The summed E-state index contributed by atoms with van der Waals surface area (Å²) in [5.41, 5.74) is 0.467. The van der Waals surface area contributed by atoms with Gasteiger partial charge in [-0.2, -0.15) is 0 Å². The van der Waals surface area contributed by atoms with E-state index in [1.165, 1.54) is 0 Å². The van der Waals surface area contributed by atoms with Gasteiger partial charge in [0.15, 0.2) is 6.29 Å². The average molecular weight is 321 g/mol. The van der Waals surface area contributed by atoms with Gasteiger partial charge in [0.25, 0.3) is 0 Å². The highest BCUT2D eigenvalue weighted by atomic mass is 79.9. The second-order valence-electron chi connectivity index (χ2n) is 3.93. The van der Waals surface area contributed by atoms with Gasteiger partial charge in [0.05, 0.1) is 16.6 Å². The van der Waals surface area contributed by atoms with Gasteiger partial charge in [-0.05, 0) is 48.6 Å². The molecule has 0 radical (unpaired) electrons. The Bertz CT molecular complexity index is 396. The minimum absolute atomic E-state index is 0.467. The van der Waals surface area contributed by atoms with E-state index in [-0.39, 0.29) is 0 Å². The van der Waals surface area contributed by atoms with Crippen LogP contribution >= 0.6 is 27.5 Å². The highest BCUT2D eigenvalue weighted by Crippen LogP contribution is 2.31. The minimum atomic E-state index is 0.467. The Hall–Kier alpha value is -0.580. The molecule has 1 aromatic carbocycles. The molecule has 0 aliphatic rings. The molecule has 0 aliphatic carbocycles. The number of benzene rings is 1. The highest BCUT2D eigenvalue weighted by molar-refractivity contribution is 9.10. The Morgan fingerprint density at radius 1 is 1.47 bits per heavy atom. The molecule has 0 aromatic heterocycles. The van der Waals surface area contributed by atoms with Gasteiger partial charge in [-0.25, -0.2) is 0 Å². The van der Waals surface area contributed by atoms with E-state index in [0.29, 0.717) is 27.4 Å². The fraction of sp³-hybridized carbons (Fsp3) is 0.417. The molecular formula is C12H15BrClNO2. The molecule has 0 unspecified atom stereocenters. The van der Waals surface area contributed by atoms with E-state index in [2.05, 4.69) is 20.8 Å². The van der Waals surface area contributed by atoms with Gasteiger partial charge >= 0.3 is 0 Å². The van der Waals surface area contributed by atoms with Crippen molar-refractivity contribution >= 4 is 33.8 Å². The average Bonchev–Trinajstić information content (AvgIpc) is 2.25. The topological polar surface area (TPSA) is 29.5 Å². The molecule has 3 nitrogen and oxygen atoms in total. The lowest BCUT2D eigenvalue weighted by Gasteiger charge is -2.13. The molecule has 0 aliphatic heterocycles. The number of carbonyl (C=O) groups excluding carboxylic acids is 1. The molecule has 0 heterocycles. The summed E-state index contributed by atoms with van der Waals surface area (Å²) in [5.74, 6) is 0.558. The molecule has 0 fully saturated rings. The maximum absolute atomic E-state index is 10.9. The predicted molar refractivity (Wildman–Crippen MR) is 73.2 cm³/mol. The van der Waals surface area contributed by atoms with Gasteiger partial charge in [-0.15, -0.1) is 0 Å². The number of carbonyl (C=O) groups is 1. The summed E-state index contributed by atoms with van der Waals surface area (Å²) in [7, 11) is 4.02. The van der Waals surface area contributed by atoms with Crippen molar-refractivity contribution in [2.45, 2.75) is 6.42 Å². The van der Waals surface area contributed by atoms with Crippen molar-refractivity contribution in [2.75, 3.05) is 27.2 Å². The number of nitrogens with zero attached hydrogens (tertiary/aromatic N) is 1. The highest BCUT2D eigenvalue weighted by Gasteiger charge is 2.09. The maximum Gasteiger partial charge on any atom is 0.153 e. The quantitative estimate of drug-likeness (QED) is 0.595. The van der Waals surface area contributed by atoms with Gasteiger partial charge in [0.1, 0.15) is 5.75 Å². The summed E-state index contributed by atoms with van der Waals surface area (Å²) in [4.78, 5) is 13.0. The van der Waals surface area contributed by atoms with Crippen molar-refractivity contribution in [3.05, 3.63) is 27.2 Å². The first-order valence-electron chi connectivity index (χ1n) is 5.26. The van der Waals surface area contributed by atoms with E-state index in [1.807, 2.05) is 14.1 Å². The minimum Gasteiger partial charge on any atom is -0.492 e. The van der Waals surface area contributed by atoms with Crippen molar-refractivity contribution in [1.29, 1.82) is 0 Å². The van der Waals surface area contributed by atoms with E-state index in [9.17, 15) is 4.79 Å². The first kappa shape index (κ1) is 14.5. The second kappa shape index (κ2) is 6.99. The summed E-state index contributed by atoms with van der Waals surface area (Å²) in [5, 5.41) is 0.514. The standard InChI is InChI=1S/C12H15BrClNO2/c1-15(2)4-3-5-17-12-9(8-16)6-10(14)7-11(12)13/h6-8H,3-5H2,1-2H3. The molecule has 0 atom stereocenters. The maximum atomic E-state index is 10.9. The van der Waals surface area contributed by atoms with Crippen LogP contribution < -0.4 is 4.74 Å². The summed E-state index contributed by atoms with van der Waals surface area (Å²) in [6.07, 6.45) is 1.65. The molecule has 0 saturated heterocycles. The molecule has 94 valence electrons. The zero-order valence-corrected chi connectivity index (χ0v) is 12.2. The fourth-order valence-electron chi connectivity index (χ4n) is 1.38. The summed E-state index contributed by atoms with van der Waals surface area (Å²) in [6, 6.07) is 3.32. The zero-order chi connectivity index (χ0) is 12.8. The molecule has 0 bridgehead atoms. The third kappa shape index (κ3) is 4.66. The Morgan fingerprint density at radius 2 is 2.18 bits per heavy atom. The van der Waals surface area contributed by atoms with Crippen LogP contribution in [0.5, 0.6) is 5.75 Å². The smallest absolute Gasteiger partial charge is 0.153 e. The van der Waals surface area contributed by atoms with Gasteiger partial charge in [0.2, 0.25) is 0 Å². The van der Waals surface area contributed by atoms with Crippen molar-refractivity contribution < 1.29 is 9.53 Å². The Balaban J connectivity index is 2.66. The van der Waals surface area contributed by atoms with Crippen LogP contribution in [0.3, 0.4) is 0 Å². The molecule has 0 amide bonds. The van der Waals surface area contributed by atoms with Crippen molar-refractivity contribution in [3.63, 3.8) is 0 Å². The van der Waals surface area contributed by atoms with E-state index in [1.54, 1.807) is 12.1 Å². The number of ether oxygens (including phenoxy) is 1. The van der Waals surface area contributed by atoms with Crippen molar-refractivity contribution in [1.82, 2.24) is 4.90 Å². The Kier molecular flexibility index (Phi) is 5.95. The Morgan fingerprint density at radius 3 is 2.76 bits per heavy atom. The third-order valence-electron chi connectivity index (χ3n) is 2.16. The molecule has 17 heavy (non-hydrogen) atoms. The molecule has 5 heteroatoms. The predicted octanol–water partition coefficient (Wildman–Crippen LogP) is 3.25. The lowest BCUT2D eigenvalue weighted by molar-refractivity contribution is 0.111. The van der Waals surface area contributed by atoms with Crippen LogP contribution in [0.15, 0.2) is 16.6 Å². The van der Waals surface area contributed by atoms with Crippen LogP contribution in [-0.2, 0) is 0 Å². The van der Waals surface area contributed by atoms with Crippen LogP contribution in [0.2, 0.25) is 5.02 Å². The first-order chi connectivity index (χ1) is 8.04. The van der Waals surface area contributed by atoms with Crippen molar-refractivity contribution in [3.8, 4) is 5.75 Å². The second-order valence-corrected chi connectivity index (χ2v) is 5.22.